The molecule has 0 atom stereocenters. The standard InChI is InChI=1S/C15H15FN2O2S/c16-15-12(5-4-8-14(15)18(19)20)11-17-9-10-21-13-6-2-1-3-7-13/h1-8,17H,9-11H2. The second-order valence-corrected chi connectivity index (χ2v) is 5.51. The highest BCUT2D eigenvalue weighted by molar-refractivity contribution is 7.99. The molecule has 0 amide bonds. The van der Waals surface area contributed by atoms with Crippen molar-refractivity contribution in [3.63, 3.8) is 0 Å². The minimum Gasteiger partial charge on any atom is -0.312 e. The van der Waals surface area contributed by atoms with Crippen LogP contribution < -0.4 is 5.32 Å². The van der Waals surface area contributed by atoms with Crippen molar-refractivity contribution in [3.05, 3.63) is 70.0 Å². The van der Waals surface area contributed by atoms with Crippen LogP contribution in [0.4, 0.5) is 10.1 Å². The van der Waals surface area contributed by atoms with Crippen LogP contribution in [0.15, 0.2) is 53.4 Å². The van der Waals surface area contributed by atoms with Gasteiger partial charge in [0.1, 0.15) is 0 Å². The van der Waals surface area contributed by atoms with Gasteiger partial charge in [-0.25, -0.2) is 0 Å². The maximum absolute atomic E-state index is 13.8. The molecule has 0 bridgehead atoms. The van der Waals surface area contributed by atoms with Crippen LogP contribution in [0.3, 0.4) is 0 Å². The Morgan fingerprint density at radius 1 is 1.14 bits per heavy atom. The van der Waals surface area contributed by atoms with Crippen molar-refractivity contribution >= 4 is 17.4 Å². The first-order valence-corrected chi connectivity index (χ1v) is 7.47. The average Bonchev–Trinajstić information content (AvgIpc) is 2.49. The molecular formula is C15H15FN2O2S. The fourth-order valence-corrected chi connectivity index (χ4v) is 2.66. The molecule has 0 radical (unpaired) electrons. The van der Waals surface area contributed by atoms with Gasteiger partial charge in [0.25, 0.3) is 0 Å². The summed E-state index contributed by atoms with van der Waals surface area (Å²) in [5.74, 6) is 0.0892. The van der Waals surface area contributed by atoms with Crippen molar-refractivity contribution in [2.24, 2.45) is 0 Å². The SMILES string of the molecule is O=[N+]([O-])c1cccc(CNCCSc2ccccc2)c1F. The number of halogens is 1. The number of nitrogens with one attached hydrogen (secondary N) is 1. The largest absolute Gasteiger partial charge is 0.312 e. The Kier molecular flexibility index (Phi) is 5.71. The number of nitro benzene ring substituents is 1. The highest BCUT2D eigenvalue weighted by atomic mass is 32.2. The number of rotatable bonds is 7. The molecule has 110 valence electrons. The summed E-state index contributed by atoms with van der Waals surface area (Å²) in [6, 6.07) is 14.2. The molecule has 0 aliphatic heterocycles. The maximum Gasteiger partial charge on any atom is 0.305 e. The van der Waals surface area contributed by atoms with E-state index in [0.29, 0.717) is 12.1 Å². The van der Waals surface area contributed by atoms with Gasteiger partial charge < -0.3 is 5.32 Å². The Labute approximate surface area is 126 Å². The molecule has 0 aliphatic carbocycles. The van der Waals surface area contributed by atoms with Gasteiger partial charge in [0.2, 0.25) is 5.82 Å². The zero-order valence-corrected chi connectivity index (χ0v) is 12.1. The van der Waals surface area contributed by atoms with E-state index in [9.17, 15) is 14.5 Å². The Morgan fingerprint density at radius 3 is 2.62 bits per heavy atom. The van der Waals surface area contributed by atoms with E-state index in [-0.39, 0.29) is 6.54 Å². The predicted molar refractivity (Wildman–Crippen MR) is 81.9 cm³/mol. The molecule has 0 heterocycles. The molecular weight excluding hydrogens is 291 g/mol. The van der Waals surface area contributed by atoms with Gasteiger partial charge in [-0.3, -0.25) is 10.1 Å². The normalized spacial score (nSPS) is 10.5. The van der Waals surface area contributed by atoms with Gasteiger partial charge in [-0.2, -0.15) is 4.39 Å². The molecule has 1 N–H and O–H groups in total. The van der Waals surface area contributed by atoms with Crippen molar-refractivity contribution in [1.29, 1.82) is 0 Å². The third-order valence-corrected chi connectivity index (χ3v) is 3.87. The summed E-state index contributed by atoms with van der Waals surface area (Å²) >= 11 is 1.70. The molecule has 0 aliphatic rings. The van der Waals surface area contributed by atoms with Gasteiger partial charge >= 0.3 is 5.69 Å². The summed E-state index contributed by atoms with van der Waals surface area (Å²) in [4.78, 5) is 11.1. The lowest BCUT2D eigenvalue weighted by Crippen LogP contribution is -2.17. The van der Waals surface area contributed by atoms with Crippen molar-refractivity contribution in [1.82, 2.24) is 5.32 Å². The fourth-order valence-electron chi connectivity index (χ4n) is 1.82. The van der Waals surface area contributed by atoms with Gasteiger partial charge in [-0.1, -0.05) is 30.3 Å². The van der Waals surface area contributed by atoms with Gasteiger partial charge in [-0.15, -0.1) is 11.8 Å². The first-order valence-electron chi connectivity index (χ1n) is 6.49. The Hall–Kier alpha value is -1.92. The predicted octanol–water partition coefficient (Wildman–Crippen LogP) is 3.62. The van der Waals surface area contributed by atoms with E-state index in [2.05, 4.69) is 5.32 Å². The summed E-state index contributed by atoms with van der Waals surface area (Å²) < 4.78 is 13.8. The molecule has 2 aromatic carbocycles. The smallest absolute Gasteiger partial charge is 0.305 e. The summed E-state index contributed by atoms with van der Waals surface area (Å²) in [6.07, 6.45) is 0. The zero-order valence-electron chi connectivity index (χ0n) is 11.3. The van der Waals surface area contributed by atoms with Crippen LogP contribution >= 0.6 is 11.8 Å². The fraction of sp³-hybridized carbons (Fsp3) is 0.200. The van der Waals surface area contributed by atoms with Crippen molar-refractivity contribution in [3.8, 4) is 0 Å². The van der Waals surface area contributed by atoms with Crippen LogP contribution in [0.25, 0.3) is 0 Å². The van der Waals surface area contributed by atoms with Crippen LogP contribution in [0, 0.1) is 15.9 Å². The van der Waals surface area contributed by atoms with Crippen molar-refractivity contribution < 1.29 is 9.31 Å². The number of nitrogens with zero attached hydrogens (tertiary/aromatic N) is 1. The van der Waals surface area contributed by atoms with Gasteiger partial charge in [0.05, 0.1) is 4.92 Å². The molecule has 6 heteroatoms. The molecule has 0 saturated carbocycles. The monoisotopic (exact) mass is 306 g/mol. The minimum absolute atomic E-state index is 0.281. The molecule has 0 aromatic heterocycles. The van der Waals surface area contributed by atoms with Crippen LogP contribution in [-0.2, 0) is 6.54 Å². The van der Waals surface area contributed by atoms with E-state index >= 15 is 0 Å². The molecule has 0 saturated heterocycles. The second-order valence-electron chi connectivity index (χ2n) is 4.35. The van der Waals surface area contributed by atoms with E-state index in [0.717, 1.165) is 5.75 Å². The Bertz CT molecular complexity index is 608. The summed E-state index contributed by atoms with van der Waals surface area (Å²) in [6.45, 7) is 0.977. The lowest BCUT2D eigenvalue weighted by molar-refractivity contribution is -0.387. The topological polar surface area (TPSA) is 55.2 Å². The first kappa shape index (κ1) is 15.5. The number of benzene rings is 2. The van der Waals surface area contributed by atoms with Gasteiger partial charge in [0.15, 0.2) is 0 Å². The lowest BCUT2D eigenvalue weighted by Gasteiger charge is -2.06. The van der Waals surface area contributed by atoms with E-state index < -0.39 is 16.4 Å². The molecule has 0 unspecified atom stereocenters. The number of thioether (sulfide) groups is 1. The van der Waals surface area contributed by atoms with Gasteiger partial charge in [0, 0.05) is 35.4 Å². The number of hydrogen-bond donors (Lipinski definition) is 1. The Balaban J connectivity index is 1.79. The van der Waals surface area contributed by atoms with Crippen LogP contribution in [0.2, 0.25) is 0 Å². The van der Waals surface area contributed by atoms with E-state index in [1.165, 1.54) is 17.0 Å². The number of nitro groups is 1. The highest BCUT2D eigenvalue weighted by Gasteiger charge is 2.16. The minimum atomic E-state index is -0.759. The van der Waals surface area contributed by atoms with Gasteiger partial charge in [-0.05, 0) is 12.1 Å². The zero-order chi connectivity index (χ0) is 15.1. The first-order chi connectivity index (χ1) is 10.2. The quantitative estimate of drug-likeness (QED) is 0.367. The lowest BCUT2D eigenvalue weighted by atomic mass is 10.2. The third kappa shape index (κ3) is 4.54. The third-order valence-electron chi connectivity index (χ3n) is 2.86. The molecule has 2 rings (SSSR count). The molecule has 0 spiro atoms. The highest BCUT2D eigenvalue weighted by Crippen LogP contribution is 2.20. The molecule has 2 aromatic rings. The van der Waals surface area contributed by atoms with E-state index in [1.807, 2.05) is 30.3 Å². The van der Waals surface area contributed by atoms with Crippen molar-refractivity contribution in [2.75, 3.05) is 12.3 Å². The second kappa shape index (κ2) is 7.75. The van der Waals surface area contributed by atoms with Crippen molar-refractivity contribution in [2.45, 2.75) is 11.4 Å². The summed E-state index contributed by atoms with van der Waals surface area (Å²) in [5, 5.41) is 13.7. The average molecular weight is 306 g/mol. The molecule has 21 heavy (non-hydrogen) atoms. The van der Waals surface area contributed by atoms with E-state index in [1.54, 1.807) is 17.8 Å². The maximum atomic E-state index is 13.8. The number of hydrogen-bond acceptors (Lipinski definition) is 4. The molecule has 0 fully saturated rings. The summed E-state index contributed by atoms with van der Waals surface area (Å²) in [7, 11) is 0. The van der Waals surface area contributed by atoms with Crippen LogP contribution in [0.5, 0.6) is 0 Å². The summed E-state index contributed by atoms with van der Waals surface area (Å²) in [5.41, 5.74) is -0.165. The molecule has 4 nitrogen and oxygen atoms in total. The van der Waals surface area contributed by atoms with E-state index in [4.69, 9.17) is 0 Å². The Morgan fingerprint density at radius 2 is 1.90 bits per heavy atom. The van der Waals surface area contributed by atoms with Crippen LogP contribution in [0.1, 0.15) is 5.56 Å². The van der Waals surface area contributed by atoms with Crippen LogP contribution in [-0.4, -0.2) is 17.2 Å².